The smallest absolute Gasteiger partial charge is 0.143 e. The Kier molecular flexibility index (Phi) is 2.82. The Bertz CT molecular complexity index is 558. The number of hydrogen-bond donors (Lipinski definition) is 2. The molecule has 1 aromatic heterocycles. The molecule has 1 aliphatic heterocycles. The first-order valence-electron chi connectivity index (χ1n) is 5.87. The number of hydrogen-bond acceptors (Lipinski definition) is 5. The van der Waals surface area contributed by atoms with Crippen LogP contribution in [0.5, 0.6) is 5.75 Å². The number of aromatic nitrogens is 2. The zero-order chi connectivity index (χ0) is 12.4. The van der Waals surface area contributed by atoms with Crippen LogP contribution in [0.3, 0.4) is 0 Å². The van der Waals surface area contributed by atoms with Gasteiger partial charge in [0.15, 0.2) is 0 Å². The van der Waals surface area contributed by atoms with Gasteiger partial charge in [-0.25, -0.2) is 15.8 Å². The van der Waals surface area contributed by atoms with Crippen molar-refractivity contribution in [1.29, 1.82) is 0 Å². The zero-order valence-electron chi connectivity index (χ0n) is 9.84. The highest BCUT2D eigenvalue weighted by Gasteiger charge is 2.23. The summed E-state index contributed by atoms with van der Waals surface area (Å²) in [5.74, 6) is 7.88. The molecule has 0 bridgehead atoms. The lowest BCUT2D eigenvalue weighted by Crippen LogP contribution is -2.21. The maximum atomic E-state index is 5.73. The van der Waals surface area contributed by atoms with E-state index in [2.05, 4.69) is 21.5 Å². The number of rotatable bonds is 2. The van der Waals surface area contributed by atoms with E-state index in [1.807, 2.05) is 18.2 Å². The van der Waals surface area contributed by atoms with E-state index in [1.165, 1.54) is 5.56 Å². The zero-order valence-corrected chi connectivity index (χ0v) is 9.84. The summed E-state index contributed by atoms with van der Waals surface area (Å²) in [7, 11) is 0. The van der Waals surface area contributed by atoms with E-state index in [9.17, 15) is 0 Å². The van der Waals surface area contributed by atoms with Gasteiger partial charge in [-0.3, -0.25) is 0 Å². The molecule has 1 unspecified atom stereocenters. The lowest BCUT2D eigenvalue weighted by molar-refractivity contribution is 0.258. The van der Waals surface area contributed by atoms with E-state index >= 15 is 0 Å². The van der Waals surface area contributed by atoms with E-state index in [0.29, 0.717) is 12.4 Å². The molecule has 0 amide bonds. The maximum Gasteiger partial charge on any atom is 0.143 e. The molecular weight excluding hydrogens is 228 g/mol. The minimum Gasteiger partial charge on any atom is -0.493 e. The van der Waals surface area contributed by atoms with Crippen LogP contribution >= 0.6 is 0 Å². The molecule has 3 N–H and O–H groups in total. The maximum absolute atomic E-state index is 5.73. The normalized spacial score (nSPS) is 17.7. The first-order chi connectivity index (χ1) is 8.86. The monoisotopic (exact) mass is 242 g/mol. The van der Waals surface area contributed by atoms with Gasteiger partial charge in [-0.15, -0.1) is 0 Å². The van der Waals surface area contributed by atoms with Crippen LogP contribution in [0.15, 0.2) is 36.5 Å². The second-order valence-corrected chi connectivity index (χ2v) is 4.26. The molecule has 5 heteroatoms. The second kappa shape index (κ2) is 4.62. The van der Waals surface area contributed by atoms with E-state index in [4.69, 9.17) is 10.6 Å². The Hall–Kier alpha value is -2.14. The van der Waals surface area contributed by atoms with E-state index in [-0.39, 0.29) is 5.92 Å². The number of anilines is 1. The van der Waals surface area contributed by atoms with E-state index in [0.717, 1.165) is 18.0 Å². The standard InChI is InChI=1S/C13H14N4O/c14-17-12-5-6-15-13(16-12)10-7-9-3-1-2-4-11(9)18-8-10/h1-6,10H,7-8,14H2,(H,15,16,17). The largest absolute Gasteiger partial charge is 0.493 e. The predicted molar refractivity (Wildman–Crippen MR) is 68.2 cm³/mol. The SMILES string of the molecule is NNc1ccnc(C2COc3ccccc3C2)n1. The summed E-state index contributed by atoms with van der Waals surface area (Å²) < 4.78 is 5.73. The minimum absolute atomic E-state index is 0.174. The van der Waals surface area contributed by atoms with Crippen molar-refractivity contribution in [2.24, 2.45) is 5.84 Å². The second-order valence-electron chi connectivity index (χ2n) is 4.26. The first-order valence-corrected chi connectivity index (χ1v) is 5.87. The van der Waals surface area contributed by atoms with Crippen molar-refractivity contribution in [3.8, 4) is 5.75 Å². The van der Waals surface area contributed by atoms with E-state index < -0.39 is 0 Å². The summed E-state index contributed by atoms with van der Waals surface area (Å²) in [5, 5.41) is 0. The summed E-state index contributed by atoms with van der Waals surface area (Å²) in [4.78, 5) is 8.66. The molecule has 2 heterocycles. The average Bonchev–Trinajstić information content (AvgIpc) is 2.47. The number of fused-ring (bicyclic) bond motifs is 1. The van der Waals surface area contributed by atoms with Gasteiger partial charge in [0, 0.05) is 12.3 Å². The van der Waals surface area contributed by atoms with Crippen molar-refractivity contribution in [1.82, 2.24) is 9.97 Å². The highest BCUT2D eigenvalue weighted by molar-refractivity contribution is 5.37. The molecule has 3 rings (SSSR count). The predicted octanol–water partition coefficient (Wildman–Crippen LogP) is 1.48. The summed E-state index contributed by atoms with van der Waals surface area (Å²) in [6, 6.07) is 9.80. The van der Waals surface area contributed by atoms with Crippen molar-refractivity contribution in [3.05, 3.63) is 47.9 Å². The number of nitrogens with two attached hydrogens (primary N) is 1. The molecule has 1 aliphatic rings. The van der Waals surface area contributed by atoms with Gasteiger partial charge in [0.2, 0.25) is 0 Å². The molecule has 18 heavy (non-hydrogen) atoms. The van der Waals surface area contributed by atoms with Crippen LogP contribution in [-0.2, 0) is 6.42 Å². The Morgan fingerprint density at radius 1 is 1.28 bits per heavy atom. The molecule has 0 saturated heterocycles. The molecule has 0 aliphatic carbocycles. The highest BCUT2D eigenvalue weighted by atomic mass is 16.5. The average molecular weight is 242 g/mol. The Morgan fingerprint density at radius 2 is 2.17 bits per heavy atom. The Morgan fingerprint density at radius 3 is 3.06 bits per heavy atom. The third kappa shape index (κ3) is 2.00. The third-order valence-electron chi connectivity index (χ3n) is 3.07. The molecule has 5 nitrogen and oxygen atoms in total. The van der Waals surface area contributed by atoms with Gasteiger partial charge < -0.3 is 10.2 Å². The van der Waals surface area contributed by atoms with Crippen LogP contribution < -0.4 is 16.0 Å². The van der Waals surface area contributed by atoms with Crippen LogP contribution in [0.1, 0.15) is 17.3 Å². The fourth-order valence-corrected chi connectivity index (χ4v) is 2.14. The number of hydrazine groups is 1. The van der Waals surface area contributed by atoms with Crippen molar-refractivity contribution < 1.29 is 4.74 Å². The number of nitrogens with zero attached hydrogens (tertiary/aromatic N) is 2. The third-order valence-corrected chi connectivity index (χ3v) is 3.07. The Balaban J connectivity index is 1.87. The molecule has 2 aromatic rings. The fourth-order valence-electron chi connectivity index (χ4n) is 2.14. The summed E-state index contributed by atoms with van der Waals surface area (Å²) in [6.07, 6.45) is 2.60. The molecule has 92 valence electrons. The van der Waals surface area contributed by atoms with Gasteiger partial charge in [0.1, 0.15) is 17.4 Å². The van der Waals surface area contributed by atoms with Gasteiger partial charge in [0.25, 0.3) is 0 Å². The van der Waals surface area contributed by atoms with Crippen molar-refractivity contribution in [2.45, 2.75) is 12.3 Å². The highest BCUT2D eigenvalue weighted by Crippen LogP contribution is 2.30. The summed E-state index contributed by atoms with van der Waals surface area (Å²) >= 11 is 0. The number of benzene rings is 1. The molecule has 0 fully saturated rings. The Labute approximate surface area is 105 Å². The van der Waals surface area contributed by atoms with Crippen molar-refractivity contribution >= 4 is 5.82 Å². The molecule has 0 radical (unpaired) electrons. The van der Waals surface area contributed by atoms with Crippen molar-refractivity contribution in [3.63, 3.8) is 0 Å². The first kappa shape index (κ1) is 11.0. The van der Waals surface area contributed by atoms with E-state index in [1.54, 1.807) is 12.3 Å². The topological polar surface area (TPSA) is 73.1 Å². The lowest BCUT2D eigenvalue weighted by Gasteiger charge is -2.24. The van der Waals surface area contributed by atoms with Gasteiger partial charge in [-0.1, -0.05) is 18.2 Å². The number of para-hydroxylation sites is 1. The summed E-state index contributed by atoms with van der Waals surface area (Å²) in [5.41, 5.74) is 3.73. The number of nitrogen functional groups attached to an aromatic ring is 1. The van der Waals surface area contributed by atoms with Gasteiger partial charge in [-0.2, -0.15) is 0 Å². The van der Waals surface area contributed by atoms with Crippen LogP contribution in [0.4, 0.5) is 5.82 Å². The number of nitrogens with one attached hydrogen (secondary N) is 1. The van der Waals surface area contributed by atoms with Gasteiger partial charge in [0.05, 0.1) is 12.5 Å². The quantitative estimate of drug-likeness (QED) is 0.616. The van der Waals surface area contributed by atoms with Crippen LogP contribution in [0.25, 0.3) is 0 Å². The lowest BCUT2D eigenvalue weighted by atomic mass is 9.96. The molecular formula is C13H14N4O. The van der Waals surface area contributed by atoms with Gasteiger partial charge in [-0.05, 0) is 18.1 Å². The summed E-state index contributed by atoms with van der Waals surface area (Å²) in [6.45, 7) is 0.602. The molecule has 0 saturated carbocycles. The van der Waals surface area contributed by atoms with Crippen LogP contribution in [0.2, 0.25) is 0 Å². The van der Waals surface area contributed by atoms with Crippen molar-refractivity contribution in [2.75, 3.05) is 12.0 Å². The minimum atomic E-state index is 0.174. The molecule has 1 atom stereocenters. The van der Waals surface area contributed by atoms with Crippen LogP contribution in [0, 0.1) is 0 Å². The molecule has 0 spiro atoms. The van der Waals surface area contributed by atoms with Crippen LogP contribution in [-0.4, -0.2) is 16.6 Å². The molecule has 1 aromatic carbocycles. The van der Waals surface area contributed by atoms with Gasteiger partial charge >= 0.3 is 0 Å². The fraction of sp³-hybridized carbons (Fsp3) is 0.231. The number of ether oxygens (including phenoxy) is 1.